The minimum absolute atomic E-state index is 0.0145. The van der Waals surface area contributed by atoms with Gasteiger partial charge in [0.2, 0.25) is 0 Å². The normalized spacial score (nSPS) is 11.1. The van der Waals surface area contributed by atoms with E-state index in [1.54, 1.807) is 6.33 Å². The van der Waals surface area contributed by atoms with Gasteiger partial charge in [-0.15, -0.1) is 0 Å². The van der Waals surface area contributed by atoms with Crippen molar-refractivity contribution in [3.8, 4) is 11.4 Å². The molecular formula is C13H17N3O. The summed E-state index contributed by atoms with van der Waals surface area (Å²) in [6.07, 6.45) is 1.55. The maximum atomic E-state index is 9.38. The summed E-state index contributed by atoms with van der Waals surface area (Å²) in [4.78, 5) is 4.30. The molecule has 0 radical (unpaired) electrons. The summed E-state index contributed by atoms with van der Waals surface area (Å²) < 4.78 is 1.87. The summed E-state index contributed by atoms with van der Waals surface area (Å²) in [6, 6.07) is 6.21. The lowest BCUT2D eigenvalue weighted by Crippen LogP contribution is -2.06. The van der Waals surface area contributed by atoms with Gasteiger partial charge in [0.05, 0.1) is 6.61 Å². The lowest BCUT2D eigenvalue weighted by Gasteiger charge is -2.12. The first-order valence-electron chi connectivity index (χ1n) is 5.73. The van der Waals surface area contributed by atoms with Gasteiger partial charge in [-0.3, -0.25) is 0 Å². The van der Waals surface area contributed by atoms with Crippen LogP contribution in [0.5, 0.6) is 0 Å². The largest absolute Gasteiger partial charge is 0.392 e. The third-order valence-electron chi connectivity index (χ3n) is 2.74. The van der Waals surface area contributed by atoms with Crippen molar-refractivity contribution in [1.82, 2.24) is 14.8 Å². The molecule has 4 nitrogen and oxygen atoms in total. The highest BCUT2D eigenvalue weighted by molar-refractivity contribution is 5.61. The van der Waals surface area contributed by atoms with Crippen LogP contribution in [0.4, 0.5) is 0 Å². The Hall–Kier alpha value is -1.68. The summed E-state index contributed by atoms with van der Waals surface area (Å²) in [7, 11) is 0. The monoisotopic (exact) mass is 231 g/mol. The van der Waals surface area contributed by atoms with Gasteiger partial charge in [0.1, 0.15) is 6.33 Å². The number of hydrogen-bond donors (Lipinski definition) is 1. The van der Waals surface area contributed by atoms with Crippen LogP contribution in [0.25, 0.3) is 11.4 Å². The van der Waals surface area contributed by atoms with Crippen molar-refractivity contribution >= 4 is 0 Å². The predicted molar refractivity (Wildman–Crippen MR) is 66.5 cm³/mol. The average Bonchev–Trinajstić information content (AvgIpc) is 2.77. The van der Waals surface area contributed by atoms with E-state index in [1.807, 2.05) is 29.8 Å². The Bertz CT molecular complexity index is 517. The zero-order valence-electron chi connectivity index (χ0n) is 10.4. The molecule has 1 aromatic heterocycles. The van der Waals surface area contributed by atoms with Gasteiger partial charge in [-0.1, -0.05) is 17.7 Å². The van der Waals surface area contributed by atoms with Crippen LogP contribution in [0.15, 0.2) is 24.5 Å². The summed E-state index contributed by atoms with van der Waals surface area (Å²) in [5, 5.41) is 13.6. The number of aryl methyl sites for hydroxylation is 1. The van der Waals surface area contributed by atoms with E-state index < -0.39 is 0 Å². The molecular weight excluding hydrogens is 214 g/mol. The molecule has 0 aliphatic heterocycles. The third-order valence-corrected chi connectivity index (χ3v) is 2.74. The molecule has 2 rings (SSSR count). The van der Waals surface area contributed by atoms with Gasteiger partial charge in [-0.25, -0.2) is 9.67 Å². The lowest BCUT2D eigenvalue weighted by atomic mass is 10.0. The molecule has 90 valence electrons. The molecule has 0 bridgehead atoms. The fraction of sp³-hybridized carbons (Fsp3) is 0.385. The minimum Gasteiger partial charge on any atom is -0.392 e. The average molecular weight is 231 g/mol. The van der Waals surface area contributed by atoms with E-state index in [2.05, 4.69) is 23.9 Å². The molecule has 1 aromatic carbocycles. The lowest BCUT2D eigenvalue weighted by molar-refractivity contribution is 0.282. The van der Waals surface area contributed by atoms with Crippen molar-refractivity contribution in [3.05, 3.63) is 35.7 Å². The number of nitrogens with zero attached hydrogens (tertiary/aromatic N) is 3. The van der Waals surface area contributed by atoms with Gasteiger partial charge in [-0.05, 0) is 32.4 Å². The Morgan fingerprint density at radius 1 is 1.35 bits per heavy atom. The highest BCUT2D eigenvalue weighted by Gasteiger charge is 2.13. The Labute approximate surface area is 101 Å². The van der Waals surface area contributed by atoms with Crippen molar-refractivity contribution in [2.45, 2.75) is 33.4 Å². The Balaban J connectivity index is 2.59. The highest BCUT2D eigenvalue weighted by Crippen LogP contribution is 2.24. The number of aromatic nitrogens is 3. The molecule has 1 heterocycles. The molecule has 0 aliphatic carbocycles. The van der Waals surface area contributed by atoms with Crippen LogP contribution in [0, 0.1) is 6.92 Å². The molecule has 17 heavy (non-hydrogen) atoms. The maximum absolute atomic E-state index is 9.38. The number of aliphatic hydroxyl groups is 1. The SMILES string of the molecule is Cc1ccc(CO)c(-c2ncnn2C(C)C)c1. The molecule has 0 fully saturated rings. The summed E-state index contributed by atoms with van der Waals surface area (Å²) in [5.41, 5.74) is 2.99. The van der Waals surface area contributed by atoms with Crippen molar-refractivity contribution < 1.29 is 5.11 Å². The molecule has 2 aromatic rings. The maximum Gasteiger partial charge on any atom is 0.158 e. The molecule has 0 aliphatic rings. The molecule has 4 heteroatoms. The molecule has 0 saturated heterocycles. The summed E-state index contributed by atoms with van der Waals surface area (Å²) in [6.45, 7) is 6.17. The molecule has 0 atom stereocenters. The second-order valence-electron chi connectivity index (χ2n) is 4.44. The van der Waals surface area contributed by atoms with Gasteiger partial charge < -0.3 is 5.11 Å². The van der Waals surface area contributed by atoms with Crippen LogP contribution in [-0.2, 0) is 6.61 Å². The predicted octanol–water partition coefficient (Wildman–Crippen LogP) is 2.33. The molecule has 0 unspecified atom stereocenters. The zero-order chi connectivity index (χ0) is 12.4. The van der Waals surface area contributed by atoms with E-state index in [0.29, 0.717) is 0 Å². The van der Waals surface area contributed by atoms with Crippen LogP contribution in [-0.4, -0.2) is 19.9 Å². The van der Waals surface area contributed by atoms with Gasteiger partial charge >= 0.3 is 0 Å². The Morgan fingerprint density at radius 3 is 2.76 bits per heavy atom. The van der Waals surface area contributed by atoms with Gasteiger partial charge in [-0.2, -0.15) is 5.10 Å². The van der Waals surface area contributed by atoms with E-state index in [0.717, 1.165) is 22.5 Å². The van der Waals surface area contributed by atoms with Gasteiger partial charge in [0.25, 0.3) is 0 Å². The van der Waals surface area contributed by atoms with E-state index in [9.17, 15) is 5.11 Å². The van der Waals surface area contributed by atoms with E-state index in [-0.39, 0.29) is 12.6 Å². The molecule has 0 saturated carbocycles. The summed E-state index contributed by atoms with van der Waals surface area (Å²) >= 11 is 0. The number of aliphatic hydroxyl groups excluding tert-OH is 1. The van der Waals surface area contributed by atoms with E-state index >= 15 is 0 Å². The van der Waals surface area contributed by atoms with Crippen LogP contribution in [0.3, 0.4) is 0 Å². The highest BCUT2D eigenvalue weighted by atomic mass is 16.3. The molecule has 0 spiro atoms. The summed E-state index contributed by atoms with van der Waals surface area (Å²) in [5.74, 6) is 0.813. The van der Waals surface area contributed by atoms with Gasteiger partial charge in [0, 0.05) is 11.6 Å². The standard InChI is InChI=1S/C13H17N3O/c1-9(2)16-13(14-8-15-16)12-6-10(3)4-5-11(12)7-17/h4-6,8-9,17H,7H2,1-3H3. The van der Waals surface area contributed by atoms with Crippen LogP contribution >= 0.6 is 0 Å². The van der Waals surface area contributed by atoms with Crippen LogP contribution in [0.1, 0.15) is 31.0 Å². The topological polar surface area (TPSA) is 50.9 Å². The quantitative estimate of drug-likeness (QED) is 0.882. The fourth-order valence-corrected chi connectivity index (χ4v) is 1.86. The van der Waals surface area contributed by atoms with Gasteiger partial charge in [0.15, 0.2) is 5.82 Å². The van der Waals surface area contributed by atoms with E-state index in [1.165, 1.54) is 0 Å². The Morgan fingerprint density at radius 2 is 2.12 bits per heavy atom. The molecule has 1 N–H and O–H groups in total. The Kier molecular flexibility index (Phi) is 3.24. The van der Waals surface area contributed by atoms with Crippen LogP contribution in [0.2, 0.25) is 0 Å². The van der Waals surface area contributed by atoms with Crippen LogP contribution < -0.4 is 0 Å². The van der Waals surface area contributed by atoms with Crippen molar-refractivity contribution in [1.29, 1.82) is 0 Å². The smallest absolute Gasteiger partial charge is 0.158 e. The first-order chi connectivity index (χ1) is 8.13. The number of rotatable bonds is 3. The zero-order valence-corrected chi connectivity index (χ0v) is 10.4. The van der Waals surface area contributed by atoms with Crippen molar-refractivity contribution in [2.75, 3.05) is 0 Å². The second kappa shape index (κ2) is 4.67. The number of benzene rings is 1. The minimum atomic E-state index is 0.0145. The molecule has 0 amide bonds. The second-order valence-corrected chi connectivity index (χ2v) is 4.44. The van der Waals surface area contributed by atoms with Crippen molar-refractivity contribution in [2.24, 2.45) is 0 Å². The third kappa shape index (κ3) is 2.22. The fourth-order valence-electron chi connectivity index (χ4n) is 1.86. The van der Waals surface area contributed by atoms with E-state index in [4.69, 9.17) is 0 Å². The first-order valence-corrected chi connectivity index (χ1v) is 5.73. The first kappa shape index (κ1) is 11.8. The van der Waals surface area contributed by atoms with Crippen molar-refractivity contribution in [3.63, 3.8) is 0 Å². The number of hydrogen-bond acceptors (Lipinski definition) is 3.